The van der Waals surface area contributed by atoms with E-state index < -0.39 is 0 Å². The molecule has 1 N–H and O–H groups in total. The number of methoxy groups -OCH3 is 1. The molecule has 0 aromatic heterocycles. The third kappa shape index (κ3) is 8.42. The van der Waals surface area contributed by atoms with Gasteiger partial charge in [0, 0.05) is 6.54 Å². The summed E-state index contributed by atoms with van der Waals surface area (Å²) in [5.74, 6) is 1.27. The third-order valence-corrected chi connectivity index (χ3v) is 4.58. The van der Waals surface area contributed by atoms with Crippen LogP contribution in [0.5, 0.6) is 11.5 Å². The number of halogens is 2. The average molecular weight is 412 g/mol. The van der Waals surface area contributed by atoms with Crippen molar-refractivity contribution >= 4 is 24.0 Å². The number of hydrogen-bond donors (Lipinski definition) is 1. The van der Waals surface area contributed by atoms with Gasteiger partial charge >= 0.3 is 0 Å². The monoisotopic (exact) mass is 411 g/mol. The van der Waals surface area contributed by atoms with E-state index in [1.54, 1.807) is 7.11 Å². The van der Waals surface area contributed by atoms with Crippen LogP contribution in [0.4, 0.5) is 0 Å². The zero-order valence-electron chi connectivity index (χ0n) is 16.3. The molecule has 0 fully saturated rings. The van der Waals surface area contributed by atoms with Crippen molar-refractivity contribution in [1.29, 1.82) is 0 Å². The molecule has 0 aliphatic rings. The molecule has 0 heterocycles. The van der Waals surface area contributed by atoms with E-state index in [0.717, 1.165) is 24.2 Å². The summed E-state index contributed by atoms with van der Waals surface area (Å²) in [5, 5.41) is 4.06. The highest BCUT2D eigenvalue weighted by molar-refractivity contribution is 6.32. The Morgan fingerprint density at radius 2 is 1.70 bits per heavy atom. The van der Waals surface area contributed by atoms with Crippen molar-refractivity contribution in [3.63, 3.8) is 0 Å². The Labute approximate surface area is 174 Å². The molecular weight excluding hydrogens is 381 g/mol. The normalized spacial score (nSPS) is 10.3. The molecule has 150 valence electrons. The SMILES string of the molecule is CCCCCCCNCc1cc(Cl)c(OCc2ccccc2)c(OC)c1.Cl. The number of rotatable bonds is 12. The molecule has 2 rings (SSSR count). The molecule has 0 bridgehead atoms. The highest BCUT2D eigenvalue weighted by Crippen LogP contribution is 2.37. The van der Waals surface area contributed by atoms with Crippen LogP contribution in [0, 0.1) is 0 Å². The molecule has 5 heteroatoms. The van der Waals surface area contributed by atoms with Crippen LogP contribution in [-0.2, 0) is 13.2 Å². The van der Waals surface area contributed by atoms with Crippen LogP contribution in [0.2, 0.25) is 5.02 Å². The number of ether oxygens (including phenoxy) is 2. The Kier molecular flexibility index (Phi) is 12.0. The van der Waals surface area contributed by atoms with E-state index in [9.17, 15) is 0 Å². The van der Waals surface area contributed by atoms with Crippen molar-refractivity contribution in [3.05, 3.63) is 58.6 Å². The molecule has 0 amide bonds. The largest absolute Gasteiger partial charge is 0.493 e. The molecule has 0 atom stereocenters. The first-order valence-electron chi connectivity index (χ1n) is 9.48. The van der Waals surface area contributed by atoms with E-state index in [0.29, 0.717) is 23.1 Å². The van der Waals surface area contributed by atoms with Crippen LogP contribution >= 0.6 is 24.0 Å². The van der Waals surface area contributed by atoms with E-state index >= 15 is 0 Å². The molecule has 0 saturated carbocycles. The lowest BCUT2D eigenvalue weighted by Crippen LogP contribution is -2.14. The van der Waals surface area contributed by atoms with Gasteiger partial charge in [-0.3, -0.25) is 0 Å². The molecule has 2 aromatic carbocycles. The molecule has 0 spiro atoms. The molecule has 0 unspecified atom stereocenters. The van der Waals surface area contributed by atoms with Crippen molar-refractivity contribution in [3.8, 4) is 11.5 Å². The molecular formula is C22H31Cl2NO2. The zero-order chi connectivity index (χ0) is 18.6. The van der Waals surface area contributed by atoms with Gasteiger partial charge in [0.15, 0.2) is 11.5 Å². The molecule has 3 nitrogen and oxygen atoms in total. The first-order valence-corrected chi connectivity index (χ1v) is 9.86. The molecule has 0 aliphatic carbocycles. The first-order chi connectivity index (χ1) is 12.7. The van der Waals surface area contributed by atoms with Gasteiger partial charge in [-0.15, -0.1) is 12.4 Å². The molecule has 0 saturated heterocycles. The van der Waals surface area contributed by atoms with Gasteiger partial charge in [0.1, 0.15) is 6.61 Å². The van der Waals surface area contributed by atoms with Crippen LogP contribution in [0.3, 0.4) is 0 Å². The average Bonchev–Trinajstić information content (AvgIpc) is 2.67. The standard InChI is InChI=1S/C22H30ClNO2.ClH/c1-3-4-5-6-10-13-24-16-19-14-20(23)22(21(15-19)25-2)26-17-18-11-8-7-9-12-18;/h7-9,11-12,14-15,24H,3-6,10,13,16-17H2,1-2H3;1H. The number of nitrogens with one attached hydrogen (secondary N) is 1. The predicted molar refractivity (Wildman–Crippen MR) is 116 cm³/mol. The fourth-order valence-corrected chi connectivity index (χ4v) is 3.12. The van der Waals surface area contributed by atoms with E-state index in [4.69, 9.17) is 21.1 Å². The summed E-state index contributed by atoms with van der Waals surface area (Å²) in [6.45, 7) is 4.51. The number of benzene rings is 2. The maximum atomic E-state index is 6.44. The van der Waals surface area contributed by atoms with Crippen LogP contribution in [0.15, 0.2) is 42.5 Å². The molecule has 0 radical (unpaired) electrons. The minimum Gasteiger partial charge on any atom is -0.493 e. The van der Waals surface area contributed by atoms with Crippen molar-refractivity contribution < 1.29 is 9.47 Å². The summed E-state index contributed by atoms with van der Waals surface area (Å²) in [6.07, 6.45) is 6.44. The highest BCUT2D eigenvalue weighted by Gasteiger charge is 2.12. The van der Waals surface area contributed by atoms with Gasteiger partial charge in [0.2, 0.25) is 0 Å². The Morgan fingerprint density at radius 3 is 2.41 bits per heavy atom. The van der Waals surface area contributed by atoms with Crippen molar-refractivity contribution in [2.45, 2.75) is 52.2 Å². The molecule has 27 heavy (non-hydrogen) atoms. The summed E-state index contributed by atoms with van der Waals surface area (Å²) in [4.78, 5) is 0. The van der Waals surface area contributed by atoms with Gasteiger partial charge < -0.3 is 14.8 Å². The summed E-state index contributed by atoms with van der Waals surface area (Å²) in [5.41, 5.74) is 2.20. The summed E-state index contributed by atoms with van der Waals surface area (Å²) in [7, 11) is 1.64. The summed E-state index contributed by atoms with van der Waals surface area (Å²) >= 11 is 6.44. The van der Waals surface area contributed by atoms with E-state index in [1.807, 2.05) is 42.5 Å². The van der Waals surface area contributed by atoms with Gasteiger partial charge in [0.25, 0.3) is 0 Å². The summed E-state index contributed by atoms with van der Waals surface area (Å²) in [6, 6.07) is 14.0. The van der Waals surface area contributed by atoms with E-state index in [-0.39, 0.29) is 12.4 Å². The second-order valence-corrected chi connectivity index (χ2v) is 6.88. The third-order valence-electron chi connectivity index (χ3n) is 4.30. The fourth-order valence-electron chi connectivity index (χ4n) is 2.83. The van der Waals surface area contributed by atoms with Gasteiger partial charge in [-0.05, 0) is 36.2 Å². The number of unbranched alkanes of at least 4 members (excludes halogenated alkanes) is 4. The smallest absolute Gasteiger partial charge is 0.180 e. The Balaban J connectivity index is 0.00000364. The highest BCUT2D eigenvalue weighted by atomic mass is 35.5. The van der Waals surface area contributed by atoms with E-state index in [2.05, 4.69) is 12.2 Å². The minimum absolute atomic E-state index is 0. The predicted octanol–water partition coefficient (Wildman–Crippen LogP) is 6.41. The van der Waals surface area contributed by atoms with Crippen LogP contribution < -0.4 is 14.8 Å². The lowest BCUT2D eigenvalue weighted by Gasteiger charge is -2.15. The Bertz CT molecular complexity index is 650. The van der Waals surface area contributed by atoms with Crippen molar-refractivity contribution in [1.82, 2.24) is 5.32 Å². The van der Waals surface area contributed by atoms with Crippen molar-refractivity contribution in [2.75, 3.05) is 13.7 Å². The first kappa shape index (κ1) is 23.6. The zero-order valence-corrected chi connectivity index (χ0v) is 17.9. The lowest BCUT2D eigenvalue weighted by molar-refractivity contribution is 0.284. The Hall–Kier alpha value is -1.42. The second kappa shape index (κ2) is 13.7. The maximum absolute atomic E-state index is 6.44. The lowest BCUT2D eigenvalue weighted by atomic mass is 10.1. The van der Waals surface area contributed by atoms with Gasteiger partial charge in [-0.25, -0.2) is 0 Å². The number of hydrogen-bond acceptors (Lipinski definition) is 3. The molecule has 2 aromatic rings. The van der Waals surface area contributed by atoms with Crippen LogP contribution in [0.1, 0.15) is 50.2 Å². The van der Waals surface area contributed by atoms with E-state index in [1.165, 1.54) is 32.1 Å². The van der Waals surface area contributed by atoms with Crippen LogP contribution in [0.25, 0.3) is 0 Å². The topological polar surface area (TPSA) is 30.5 Å². The van der Waals surface area contributed by atoms with Gasteiger partial charge in [-0.1, -0.05) is 74.5 Å². The van der Waals surface area contributed by atoms with Crippen molar-refractivity contribution in [2.24, 2.45) is 0 Å². The Morgan fingerprint density at radius 1 is 0.963 bits per heavy atom. The minimum atomic E-state index is 0. The summed E-state index contributed by atoms with van der Waals surface area (Å²) < 4.78 is 11.4. The quantitative estimate of drug-likeness (QED) is 0.409. The second-order valence-electron chi connectivity index (χ2n) is 6.47. The van der Waals surface area contributed by atoms with Gasteiger partial charge in [-0.2, -0.15) is 0 Å². The van der Waals surface area contributed by atoms with Gasteiger partial charge in [0.05, 0.1) is 12.1 Å². The fraction of sp³-hybridized carbons (Fsp3) is 0.455. The van der Waals surface area contributed by atoms with Crippen LogP contribution in [-0.4, -0.2) is 13.7 Å². The molecule has 0 aliphatic heterocycles. The maximum Gasteiger partial charge on any atom is 0.180 e.